The summed E-state index contributed by atoms with van der Waals surface area (Å²) in [5.74, 6) is 1.32. The van der Waals surface area contributed by atoms with Crippen LogP contribution >= 0.6 is 11.8 Å². The number of aromatic nitrogens is 3. The summed E-state index contributed by atoms with van der Waals surface area (Å²) in [7, 11) is 0. The lowest BCUT2D eigenvalue weighted by molar-refractivity contribution is -0.120. The van der Waals surface area contributed by atoms with Gasteiger partial charge < -0.3 is 10.1 Å². The van der Waals surface area contributed by atoms with E-state index in [1.807, 2.05) is 49.6 Å². The number of ether oxygens (including phenoxy) is 1. The second-order valence-corrected chi connectivity index (χ2v) is 8.15. The number of hydrogen-bond acceptors (Lipinski definition) is 6. The summed E-state index contributed by atoms with van der Waals surface area (Å²) in [4.78, 5) is 12.3. The van der Waals surface area contributed by atoms with Crippen LogP contribution in [0.1, 0.15) is 32.2 Å². The zero-order valence-corrected chi connectivity index (χ0v) is 18.1. The number of nitriles is 1. The van der Waals surface area contributed by atoms with Crippen LogP contribution in [0.2, 0.25) is 0 Å². The Labute approximate surface area is 176 Å². The molecular weight excluding hydrogens is 386 g/mol. The molecule has 1 N–H and O–H groups in total. The van der Waals surface area contributed by atoms with Gasteiger partial charge in [-0.05, 0) is 37.5 Å². The number of carbonyl (C=O) groups excluding carboxylic acids is 1. The van der Waals surface area contributed by atoms with Gasteiger partial charge in [0.2, 0.25) is 5.91 Å². The lowest BCUT2D eigenvalue weighted by atomic mass is 9.90. The summed E-state index contributed by atoms with van der Waals surface area (Å²) in [6, 6.07) is 9.96. The van der Waals surface area contributed by atoms with Crippen LogP contribution < -0.4 is 10.1 Å². The minimum absolute atomic E-state index is 0.00348. The highest BCUT2D eigenvalue weighted by molar-refractivity contribution is 7.99. The van der Waals surface area contributed by atoms with E-state index in [2.05, 4.69) is 28.2 Å². The van der Waals surface area contributed by atoms with Gasteiger partial charge in [-0.1, -0.05) is 43.8 Å². The fourth-order valence-corrected chi connectivity index (χ4v) is 3.22. The minimum atomic E-state index is -0.904. The Hall–Kier alpha value is -2.79. The van der Waals surface area contributed by atoms with Crippen molar-refractivity contribution in [2.75, 3.05) is 5.75 Å². The Morgan fingerprint density at radius 3 is 2.86 bits per heavy atom. The molecule has 2 rings (SSSR count). The number of benzene rings is 1. The minimum Gasteiger partial charge on any atom is -0.486 e. The zero-order chi connectivity index (χ0) is 21.4. The zero-order valence-electron chi connectivity index (χ0n) is 17.3. The number of nitrogens with one attached hydrogen (secondary N) is 1. The van der Waals surface area contributed by atoms with Gasteiger partial charge in [0.25, 0.3) is 0 Å². The van der Waals surface area contributed by atoms with E-state index in [9.17, 15) is 10.1 Å². The topological polar surface area (TPSA) is 92.8 Å². The van der Waals surface area contributed by atoms with Crippen molar-refractivity contribution in [3.8, 4) is 11.8 Å². The van der Waals surface area contributed by atoms with Gasteiger partial charge in [0.1, 0.15) is 17.9 Å². The quantitative estimate of drug-likeness (QED) is 0.473. The summed E-state index contributed by atoms with van der Waals surface area (Å²) in [5, 5.41) is 21.2. The number of nitrogens with zero attached hydrogens (tertiary/aromatic N) is 4. The SMILES string of the molecule is C=CCn1c(COc2cccc(C)c2)nnc1SCC(=O)NC(C)(C#N)C(C)C. The number of thioether (sulfide) groups is 1. The van der Waals surface area contributed by atoms with Crippen molar-refractivity contribution < 1.29 is 9.53 Å². The van der Waals surface area contributed by atoms with E-state index in [1.54, 1.807) is 13.0 Å². The highest BCUT2D eigenvalue weighted by atomic mass is 32.2. The van der Waals surface area contributed by atoms with Crippen molar-refractivity contribution in [3.05, 3.63) is 48.3 Å². The molecule has 7 nitrogen and oxygen atoms in total. The molecule has 0 saturated carbocycles. The van der Waals surface area contributed by atoms with E-state index >= 15 is 0 Å². The predicted molar refractivity (Wildman–Crippen MR) is 113 cm³/mol. The Balaban J connectivity index is 2.03. The lowest BCUT2D eigenvalue weighted by Gasteiger charge is -2.27. The molecule has 1 amide bonds. The van der Waals surface area contributed by atoms with Crippen molar-refractivity contribution in [2.45, 2.75) is 51.5 Å². The van der Waals surface area contributed by atoms with Crippen molar-refractivity contribution in [1.82, 2.24) is 20.1 Å². The number of aryl methyl sites for hydroxylation is 1. The van der Waals surface area contributed by atoms with Crippen molar-refractivity contribution in [2.24, 2.45) is 5.92 Å². The van der Waals surface area contributed by atoms with Gasteiger partial charge in [-0.15, -0.1) is 16.8 Å². The van der Waals surface area contributed by atoms with Gasteiger partial charge in [-0.2, -0.15) is 5.26 Å². The fraction of sp³-hybridized carbons (Fsp3) is 0.429. The number of hydrogen-bond donors (Lipinski definition) is 1. The van der Waals surface area contributed by atoms with Crippen molar-refractivity contribution >= 4 is 17.7 Å². The van der Waals surface area contributed by atoms with Crippen molar-refractivity contribution in [1.29, 1.82) is 5.26 Å². The first-order chi connectivity index (χ1) is 13.8. The van der Waals surface area contributed by atoms with E-state index in [-0.39, 0.29) is 24.2 Å². The second-order valence-electron chi connectivity index (χ2n) is 7.21. The lowest BCUT2D eigenvalue weighted by Crippen LogP contribution is -2.49. The molecule has 0 aliphatic heterocycles. The first-order valence-corrected chi connectivity index (χ1v) is 10.3. The summed E-state index contributed by atoms with van der Waals surface area (Å²) in [6.45, 7) is 12.1. The Bertz CT molecular complexity index is 903. The number of allylic oxidation sites excluding steroid dienone is 1. The average molecular weight is 414 g/mol. The molecule has 154 valence electrons. The molecule has 0 fully saturated rings. The first-order valence-electron chi connectivity index (χ1n) is 9.36. The largest absolute Gasteiger partial charge is 0.486 e. The Kier molecular flexibility index (Phi) is 7.85. The maximum Gasteiger partial charge on any atom is 0.231 e. The van der Waals surface area contributed by atoms with E-state index < -0.39 is 5.54 Å². The van der Waals surface area contributed by atoms with E-state index in [1.165, 1.54) is 11.8 Å². The predicted octanol–water partition coefficient (Wildman–Crippen LogP) is 3.50. The molecule has 8 heteroatoms. The summed E-state index contributed by atoms with van der Waals surface area (Å²) in [6.07, 6.45) is 1.75. The van der Waals surface area contributed by atoms with Crippen LogP contribution in [-0.2, 0) is 17.9 Å². The first kappa shape index (κ1) is 22.5. The van der Waals surface area contributed by atoms with E-state index in [0.29, 0.717) is 17.5 Å². The number of amides is 1. The third kappa shape index (κ3) is 6.09. The van der Waals surface area contributed by atoms with Crippen LogP contribution in [0.5, 0.6) is 5.75 Å². The van der Waals surface area contributed by atoms with Gasteiger partial charge in [-0.3, -0.25) is 9.36 Å². The third-order valence-corrected chi connectivity index (χ3v) is 5.55. The molecule has 0 radical (unpaired) electrons. The standard InChI is InChI=1S/C21H27N5O2S/c1-6-10-26-18(12-28-17-9-7-8-16(4)11-17)24-25-20(26)29-13-19(27)23-21(5,14-22)15(2)3/h6-9,11,15H,1,10,12-13H2,2-5H3,(H,23,27). The molecule has 1 aromatic carbocycles. The van der Waals surface area contributed by atoms with Gasteiger partial charge >= 0.3 is 0 Å². The Morgan fingerprint density at radius 1 is 1.48 bits per heavy atom. The molecule has 1 aromatic heterocycles. The normalized spacial score (nSPS) is 12.8. The van der Waals surface area contributed by atoms with Crippen LogP contribution in [-0.4, -0.2) is 32.0 Å². The van der Waals surface area contributed by atoms with Gasteiger partial charge in [0.15, 0.2) is 11.0 Å². The third-order valence-electron chi connectivity index (χ3n) is 4.58. The van der Waals surface area contributed by atoms with Gasteiger partial charge in [0.05, 0.1) is 11.8 Å². The van der Waals surface area contributed by atoms with Crippen molar-refractivity contribution in [3.63, 3.8) is 0 Å². The summed E-state index contributed by atoms with van der Waals surface area (Å²) < 4.78 is 7.69. The second kappa shape index (κ2) is 10.1. The molecule has 0 saturated heterocycles. The molecule has 1 atom stereocenters. The number of rotatable bonds is 10. The molecule has 0 aliphatic rings. The molecule has 0 bridgehead atoms. The molecule has 1 unspecified atom stereocenters. The molecule has 0 spiro atoms. The van der Waals surface area contributed by atoms with Gasteiger partial charge in [-0.25, -0.2) is 0 Å². The molecule has 1 heterocycles. The van der Waals surface area contributed by atoms with Crippen LogP contribution in [0, 0.1) is 24.2 Å². The smallest absolute Gasteiger partial charge is 0.231 e. The molecule has 0 aliphatic carbocycles. The summed E-state index contributed by atoms with van der Waals surface area (Å²) in [5.41, 5.74) is 0.210. The van der Waals surface area contributed by atoms with Gasteiger partial charge in [0, 0.05) is 6.54 Å². The highest BCUT2D eigenvalue weighted by Crippen LogP contribution is 2.20. The average Bonchev–Trinajstić information content (AvgIpc) is 3.06. The number of carbonyl (C=O) groups is 1. The van der Waals surface area contributed by atoms with Crippen LogP contribution in [0.3, 0.4) is 0 Å². The van der Waals surface area contributed by atoms with Crippen LogP contribution in [0.15, 0.2) is 42.1 Å². The van der Waals surface area contributed by atoms with Crippen LogP contribution in [0.25, 0.3) is 0 Å². The van der Waals surface area contributed by atoms with E-state index in [0.717, 1.165) is 11.3 Å². The highest BCUT2D eigenvalue weighted by Gasteiger charge is 2.30. The monoisotopic (exact) mass is 413 g/mol. The molecular formula is C21H27N5O2S. The Morgan fingerprint density at radius 2 is 2.24 bits per heavy atom. The maximum atomic E-state index is 12.3. The molecule has 29 heavy (non-hydrogen) atoms. The van der Waals surface area contributed by atoms with E-state index in [4.69, 9.17) is 4.74 Å². The fourth-order valence-electron chi connectivity index (χ4n) is 2.46. The molecule has 2 aromatic rings. The maximum absolute atomic E-state index is 12.3. The van der Waals surface area contributed by atoms with Crippen LogP contribution in [0.4, 0.5) is 0 Å². The summed E-state index contributed by atoms with van der Waals surface area (Å²) >= 11 is 1.27.